The smallest absolute Gasteiger partial charge is 0.414 e. The lowest BCUT2D eigenvalue weighted by molar-refractivity contribution is 0.0634. The van der Waals surface area contributed by atoms with E-state index in [0.29, 0.717) is 5.33 Å². The summed E-state index contributed by atoms with van der Waals surface area (Å²) in [5, 5.41) is 3.13. The highest BCUT2D eigenvalue weighted by atomic mass is 79.9. The molecular formula is C10H14BrN3O2. The van der Waals surface area contributed by atoms with Crippen molar-refractivity contribution < 1.29 is 9.53 Å². The molecule has 0 spiro atoms. The quantitative estimate of drug-likeness (QED) is 0.850. The number of alkyl halides is 1. The highest BCUT2D eigenvalue weighted by Crippen LogP contribution is 2.09. The van der Waals surface area contributed by atoms with Gasteiger partial charge in [-0.1, -0.05) is 15.9 Å². The lowest BCUT2D eigenvalue weighted by atomic mass is 10.2. The fourth-order valence-electron chi connectivity index (χ4n) is 0.883. The number of hydrogen-bond donors (Lipinski definition) is 1. The molecule has 1 N–H and O–H groups in total. The van der Waals surface area contributed by atoms with Gasteiger partial charge in [-0.25, -0.2) is 14.8 Å². The van der Waals surface area contributed by atoms with Gasteiger partial charge in [0.1, 0.15) is 5.60 Å². The van der Waals surface area contributed by atoms with Gasteiger partial charge in [-0.3, -0.25) is 5.32 Å². The first-order valence-electron chi connectivity index (χ1n) is 4.77. The van der Waals surface area contributed by atoms with Crippen molar-refractivity contribution in [2.75, 3.05) is 5.32 Å². The number of nitrogens with one attached hydrogen (secondary N) is 1. The number of amides is 1. The molecule has 5 nitrogen and oxygen atoms in total. The Bertz CT molecular complexity index is 359. The summed E-state index contributed by atoms with van der Waals surface area (Å²) in [4.78, 5) is 19.3. The molecule has 16 heavy (non-hydrogen) atoms. The van der Waals surface area contributed by atoms with E-state index in [9.17, 15) is 4.79 Å². The lowest BCUT2D eigenvalue weighted by Gasteiger charge is -2.19. The van der Waals surface area contributed by atoms with Crippen LogP contribution in [0.5, 0.6) is 0 Å². The molecule has 1 aromatic rings. The zero-order chi connectivity index (χ0) is 12.2. The minimum atomic E-state index is -0.556. The molecule has 88 valence electrons. The number of rotatable bonds is 2. The lowest BCUT2D eigenvalue weighted by Crippen LogP contribution is -2.27. The van der Waals surface area contributed by atoms with Crippen LogP contribution in [0.4, 0.5) is 10.7 Å². The average molecular weight is 288 g/mol. The topological polar surface area (TPSA) is 64.1 Å². The van der Waals surface area contributed by atoms with Gasteiger partial charge in [-0.05, 0) is 26.3 Å². The summed E-state index contributed by atoms with van der Waals surface area (Å²) in [5.41, 5.74) is 0.412. The molecule has 1 amide bonds. The van der Waals surface area contributed by atoms with E-state index < -0.39 is 11.7 Å². The number of hydrogen-bond acceptors (Lipinski definition) is 4. The van der Waals surface area contributed by atoms with Crippen LogP contribution >= 0.6 is 15.9 Å². The van der Waals surface area contributed by atoms with Crippen molar-refractivity contribution in [1.82, 2.24) is 9.97 Å². The van der Waals surface area contributed by atoms with Crippen LogP contribution in [-0.2, 0) is 10.1 Å². The third-order valence-corrected chi connectivity index (χ3v) is 2.12. The number of carbonyl (C=O) groups is 1. The summed E-state index contributed by atoms with van der Waals surface area (Å²) in [5.74, 6) is 0.235. The molecule has 0 aliphatic carbocycles. The molecular weight excluding hydrogens is 274 g/mol. The van der Waals surface area contributed by atoms with Crippen molar-refractivity contribution in [2.45, 2.75) is 31.7 Å². The van der Waals surface area contributed by atoms with Crippen LogP contribution in [0.2, 0.25) is 0 Å². The van der Waals surface area contributed by atoms with Crippen LogP contribution in [0.3, 0.4) is 0 Å². The van der Waals surface area contributed by atoms with E-state index in [1.54, 1.807) is 33.2 Å². The predicted molar refractivity (Wildman–Crippen MR) is 64.5 cm³/mol. The molecule has 1 aromatic heterocycles. The Morgan fingerprint density at radius 1 is 1.44 bits per heavy atom. The van der Waals surface area contributed by atoms with E-state index in [1.807, 2.05) is 0 Å². The third-order valence-electron chi connectivity index (χ3n) is 1.47. The molecule has 1 heterocycles. The number of anilines is 1. The van der Waals surface area contributed by atoms with Gasteiger partial charge in [0.2, 0.25) is 5.95 Å². The summed E-state index contributed by atoms with van der Waals surface area (Å²) in [7, 11) is 0. The Morgan fingerprint density at radius 3 is 2.44 bits per heavy atom. The van der Waals surface area contributed by atoms with Crippen molar-refractivity contribution in [2.24, 2.45) is 0 Å². The van der Waals surface area contributed by atoms with E-state index in [0.717, 1.165) is 5.56 Å². The van der Waals surface area contributed by atoms with Gasteiger partial charge in [-0.2, -0.15) is 0 Å². The molecule has 0 radical (unpaired) electrons. The van der Waals surface area contributed by atoms with Crippen molar-refractivity contribution >= 4 is 28.0 Å². The van der Waals surface area contributed by atoms with Gasteiger partial charge in [0.05, 0.1) is 0 Å². The first-order valence-corrected chi connectivity index (χ1v) is 5.90. The van der Waals surface area contributed by atoms with Crippen LogP contribution in [0.1, 0.15) is 26.3 Å². The van der Waals surface area contributed by atoms with Crippen molar-refractivity contribution in [3.8, 4) is 0 Å². The summed E-state index contributed by atoms with van der Waals surface area (Å²) in [6.45, 7) is 5.38. The molecule has 0 atom stereocenters. The summed E-state index contributed by atoms with van der Waals surface area (Å²) >= 11 is 3.28. The zero-order valence-corrected chi connectivity index (χ0v) is 11.0. The maximum Gasteiger partial charge on any atom is 0.414 e. The maximum absolute atomic E-state index is 11.4. The number of aromatic nitrogens is 2. The molecule has 0 saturated heterocycles. The van der Waals surface area contributed by atoms with Crippen LogP contribution in [0, 0.1) is 0 Å². The van der Waals surface area contributed by atoms with Crippen molar-refractivity contribution in [1.29, 1.82) is 0 Å². The summed E-state index contributed by atoms with van der Waals surface area (Å²) < 4.78 is 5.06. The molecule has 0 bridgehead atoms. The van der Waals surface area contributed by atoms with Crippen LogP contribution in [-0.4, -0.2) is 21.7 Å². The van der Waals surface area contributed by atoms with E-state index in [-0.39, 0.29) is 5.95 Å². The zero-order valence-electron chi connectivity index (χ0n) is 9.45. The molecule has 0 aromatic carbocycles. The van der Waals surface area contributed by atoms with Gasteiger partial charge < -0.3 is 4.74 Å². The largest absolute Gasteiger partial charge is 0.444 e. The van der Waals surface area contributed by atoms with E-state index in [1.165, 1.54) is 0 Å². The first-order chi connectivity index (χ1) is 7.40. The molecule has 1 rings (SSSR count). The monoisotopic (exact) mass is 287 g/mol. The second-order valence-corrected chi connectivity index (χ2v) is 4.74. The number of nitrogens with zero attached hydrogens (tertiary/aromatic N) is 2. The van der Waals surface area contributed by atoms with Crippen LogP contribution in [0.25, 0.3) is 0 Å². The Kier molecular flexibility index (Phi) is 4.23. The van der Waals surface area contributed by atoms with E-state index in [2.05, 4.69) is 31.2 Å². The minimum Gasteiger partial charge on any atom is -0.444 e. The Morgan fingerprint density at radius 2 is 2.00 bits per heavy atom. The SMILES string of the molecule is CC(C)(C)OC(=O)Nc1ncc(CBr)cn1. The fraction of sp³-hybridized carbons (Fsp3) is 0.500. The predicted octanol–water partition coefficient (Wildman–Crippen LogP) is 2.72. The van der Waals surface area contributed by atoms with E-state index in [4.69, 9.17) is 4.74 Å². The van der Waals surface area contributed by atoms with Gasteiger partial charge >= 0.3 is 6.09 Å². The van der Waals surface area contributed by atoms with Gasteiger partial charge in [0, 0.05) is 17.7 Å². The Labute approximate surface area is 103 Å². The summed E-state index contributed by atoms with van der Waals surface area (Å²) in [6, 6.07) is 0. The van der Waals surface area contributed by atoms with Gasteiger partial charge in [-0.15, -0.1) is 0 Å². The van der Waals surface area contributed by atoms with Crippen molar-refractivity contribution in [3.05, 3.63) is 18.0 Å². The van der Waals surface area contributed by atoms with Gasteiger partial charge in [0.15, 0.2) is 0 Å². The maximum atomic E-state index is 11.4. The molecule has 0 aliphatic rings. The average Bonchev–Trinajstić information content (AvgIpc) is 2.16. The molecule has 0 unspecified atom stereocenters. The number of halogens is 1. The second kappa shape index (κ2) is 5.25. The van der Waals surface area contributed by atoms with Crippen LogP contribution < -0.4 is 5.32 Å². The van der Waals surface area contributed by atoms with Crippen LogP contribution in [0.15, 0.2) is 12.4 Å². The molecule has 0 fully saturated rings. The third kappa shape index (κ3) is 4.57. The standard InChI is InChI=1S/C10H14BrN3O2/c1-10(2,3)16-9(15)14-8-12-5-7(4-11)6-13-8/h5-6H,4H2,1-3H3,(H,12,13,14,15). The fourth-order valence-corrected chi connectivity index (χ4v) is 1.17. The van der Waals surface area contributed by atoms with Gasteiger partial charge in [0.25, 0.3) is 0 Å². The highest BCUT2D eigenvalue weighted by molar-refractivity contribution is 9.08. The first kappa shape index (κ1) is 12.9. The van der Waals surface area contributed by atoms with Crippen molar-refractivity contribution in [3.63, 3.8) is 0 Å². The highest BCUT2D eigenvalue weighted by Gasteiger charge is 2.16. The molecule has 0 saturated carbocycles. The Hall–Kier alpha value is -1.17. The summed E-state index contributed by atoms with van der Waals surface area (Å²) in [6.07, 6.45) is 2.71. The molecule has 6 heteroatoms. The number of carbonyl (C=O) groups excluding carboxylic acids is 1. The molecule has 0 aliphatic heterocycles. The van der Waals surface area contributed by atoms with E-state index >= 15 is 0 Å². The normalized spacial score (nSPS) is 11.0. The number of ether oxygens (including phenoxy) is 1. The second-order valence-electron chi connectivity index (χ2n) is 4.18. The minimum absolute atomic E-state index is 0.235. The Balaban J connectivity index is 2.56.